The number of hydrogen-bond donors (Lipinski definition) is 0. The normalized spacial score (nSPS) is 19.6. The zero-order valence-electron chi connectivity index (χ0n) is 13.3. The summed E-state index contributed by atoms with van der Waals surface area (Å²) in [7, 11) is 0. The summed E-state index contributed by atoms with van der Waals surface area (Å²) in [5, 5.41) is 8.44. The minimum absolute atomic E-state index is 0.0206. The van der Waals surface area contributed by atoms with Gasteiger partial charge < -0.3 is 9.99 Å². The maximum Gasteiger partial charge on any atom is 0.415 e. The highest BCUT2D eigenvalue weighted by Gasteiger charge is 2.44. The van der Waals surface area contributed by atoms with Crippen molar-refractivity contribution in [1.29, 1.82) is 0 Å². The first kappa shape index (κ1) is 20.6. The van der Waals surface area contributed by atoms with Gasteiger partial charge in [-0.2, -0.15) is 13.1 Å². The van der Waals surface area contributed by atoms with Crippen LogP contribution in [0.2, 0.25) is 0 Å². The van der Waals surface area contributed by atoms with Crippen LogP contribution in [0.25, 0.3) is 0 Å². The maximum absolute atomic E-state index is 13.3. The second-order valence-electron chi connectivity index (χ2n) is 5.96. The molecule has 136 valence electrons. The number of carbonyl (C=O) groups is 1. The molecular formula is C15H25F2O5S-. The molecule has 0 bridgehead atoms. The van der Waals surface area contributed by atoms with Crippen LogP contribution < -0.4 is 5.26 Å². The smallest absolute Gasteiger partial charge is 0.415 e. The van der Waals surface area contributed by atoms with Crippen LogP contribution in [-0.4, -0.2) is 17.8 Å². The third-order valence-electron chi connectivity index (χ3n) is 4.08. The Labute approximate surface area is 140 Å². The monoisotopic (exact) mass is 355 g/mol. The zero-order chi connectivity index (χ0) is 17.0. The van der Waals surface area contributed by atoms with E-state index >= 15 is 0 Å². The second kappa shape index (κ2) is 12.0. The van der Waals surface area contributed by atoms with E-state index in [1.807, 2.05) is 0 Å². The van der Waals surface area contributed by atoms with E-state index in [0.717, 1.165) is 38.5 Å². The van der Waals surface area contributed by atoms with Gasteiger partial charge in [-0.1, -0.05) is 57.8 Å². The summed E-state index contributed by atoms with van der Waals surface area (Å²) < 4.78 is 34.8. The second-order valence-corrected chi connectivity index (χ2v) is 6.78. The number of carbonyl (C=O) groups excluding carboxylic acids is 1. The number of rotatable bonds is 6. The predicted octanol–water partition coefficient (Wildman–Crippen LogP) is 3.92. The van der Waals surface area contributed by atoms with Crippen LogP contribution in [0.1, 0.15) is 70.6 Å². The summed E-state index contributed by atoms with van der Waals surface area (Å²) in [6.45, 7) is -0.0206. The molecule has 23 heavy (non-hydrogen) atoms. The number of halogens is 2. The Hall–Kier alpha value is -0.440. The van der Waals surface area contributed by atoms with Gasteiger partial charge in [0.05, 0.1) is 6.61 Å². The third kappa shape index (κ3) is 9.44. The Morgan fingerprint density at radius 1 is 1.00 bits per heavy atom. The first-order valence-electron chi connectivity index (χ1n) is 8.25. The molecule has 1 fully saturated rings. The van der Waals surface area contributed by atoms with E-state index in [4.69, 9.17) is 4.74 Å². The Kier molecular flexibility index (Phi) is 10.7. The van der Waals surface area contributed by atoms with Crippen LogP contribution in [0.3, 0.4) is 0 Å². The minimum atomic E-state index is -3.95. The van der Waals surface area contributed by atoms with E-state index in [1.165, 1.54) is 32.1 Å². The predicted molar refractivity (Wildman–Crippen MR) is 79.9 cm³/mol. The van der Waals surface area contributed by atoms with Crippen molar-refractivity contribution in [1.82, 2.24) is 0 Å². The SMILES string of the molecule is O=C(OCC1CCCCCCCCCCC1)C(F)(F)SOO[O-]. The van der Waals surface area contributed by atoms with E-state index in [2.05, 4.69) is 9.37 Å². The fourth-order valence-corrected chi connectivity index (χ4v) is 3.02. The van der Waals surface area contributed by atoms with Gasteiger partial charge in [-0.25, -0.2) is 4.79 Å². The molecule has 1 aliphatic carbocycles. The summed E-state index contributed by atoms with van der Waals surface area (Å²) in [6.07, 6.45) is 12.3. The molecular weight excluding hydrogens is 330 g/mol. The number of ether oxygens (including phenoxy) is 1. The first-order chi connectivity index (χ1) is 11.1. The highest BCUT2D eigenvalue weighted by molar-refractivity contribution is 7.96. The van der Waals surface area contributed by atoms with Crippen LogP contribution in [0, 0.1) is 5.92 Å². The first-order valence-corrected chi connectivity index (χ1v) is 9.00. The maximum atomic E-state index is 13.3. The molecule has 0 saturated heterocycles. The van der Waals surface area contributed by atoms with E-state index in [1.54, 1.807) is 0 Å². The average Bonchev–Trinajstić information content (AvgIpc) is 2.52. The van der Waals surface area contributed by atoms with Gasteiger partial charge in [-0.3, -0.25) is 5.04 Å². The van der Waals surface area contributed by atoms with Crippen molar-refractivity contribution in [2.75, 3.05) is 6.61 Å². The standard InChI is InChI=1S/C15H26F2O5S/c16-15(17,23-22-21-19)14(18)20-12-13-10-8-6-4-2-1-3-5-7-9-11-13/h13,19H,1-12H2/p-1. The van der Waals surface area contributed by atoms with Gasteiger partial charge in [0.25, 0.3) is 0 Å². The lowest BCUT2D eigenvalue weighted by molar-refractivity contribution is -0.777. The van der Waals surface area contributed by atoms with Gasteiger partial charge in [-0.05, 0) is 18.8 Å². The molecule has 0 aromatic rings. The highest BCUT2D eigenvalue weighted by Crippen LogP contribution is 2.31. The van der Waals surface area contributed by atoms with Crippen molar-refractivity contribution >= 4 is 18.0 Å². The van der Waals surface area contributed by atoms with Gasteiger partial charge >= 0.3 is 11.2 Å². The quantitative estimate of drug-likeness (QED) is 0.311. The Morgan fingerprint density at radius 2 is 1.48 bits per heavy atom. The third-order valence-corrected chi connectivity index (χ3v) is 4.58. The van der Waals surface area contributed by atoms with Crippen molar-refractivity contribution < 1.29 is 32.9 Å². The van der Waals surface area contributed by atoms with Gasteiger partial charge in [0, 0.05) is 0 Å². The molecule has 0 radical (unpaired) electrons. The molecule has 5 nitrogen and oxygen atoms in total. The van der Waals surface area contributed by atoms with Crippen LogP contribution >= 0.6 is 12.0 Å². The molecule has 0 N–H and O–H groups in total. The summed E-state index contributed by atoms with van der Waals surface area (Å²) in [4.78, 5) is 11.4. The lowest BCUT2D eigenvalue weighted by Gasteiger charge is -2.19. The van der Waals surface area contributed by atoms with Crippen LogP contribution in [0.5, 0.6) is 0 Å². The molecule has 8 heteroatoms. The lowest BCUT2D eigenvalue weighted by atomic mass is 9.93. The van der Waals surface area contributed by atoms with Gasteiger partial charge in [0.2, 0.25) is 0 Å². The molecule has 1 aliphatic rings. The average molecular weight is 355 g/mol. The van der Waals surface area contributed by atoms with Crippen LogP contribution in [-0.2, 0) is 18.9 Å². The highest BCUT2D eigenvalue weighted by atomic mass is 32.2. The van der Waals surface area contributed by atoms with Gasteiger partial charge in [0.1, 0.15) is 12.0 Å². The Balaban J connectivity index is 2.36. The molecule has 0 atom stereocenters. The molecule has 1 rings (SSSR count). The topological polar surface area (TPSA) is 67.8 Å². The van der Waals surface area contributed by atoms with Crippen molar-refractivity contribution in [3.8, 4) is 0 Å². The van der Waals surface area contributed by atoms with Crippen LogP contribution in [0.15, 0.2) is 0 Å². The van der Waals surface area contributed by atoms with E-state index in [9.17, 15) is 18.8 Å². The van der Waals surface area contributed by atoms with E-state index in [0.29, 0.717) is 0 Å². The largest absolute Gasteiger partial charge is 0.691 e. The molecule has 0 aliphatic heterocycles. The molecule has 0 heterocycles. The molecule has 1 saturated carbocycles. The van der Waals surface area contributed by atoms with Crippen LogP contribution in [0.4, 0.5) is 8.78 Å². The fourth-order valence-electron chi connectivity index (χ4n) is 2.78. The Morgan fingerprint density at radius 3 is 1.96 bits per heavy atom. The van der Waals surface area contributed by atoms with Crippen molar-refractivity contribution in [2.45, 2.75) is 75.9 Å². The lowest BCUT2D eigenvalue weighted by Crippen LogP contribution is -2.29. The van der Waals surface area contributed by atoms with Crippen molar-refractivity contribution in [3.05, 3.63) is 0 Å². The summed E-state index contributed by atoms with van der Waals surface area (Å²) >= 11 is -0.651. The molecule has 0 amide bonds. The number of hydrogen-bond acceptors (Lipinski definition) is 6. The minimum Gasteiger partial charge on any atom is -0.691 e. The van der Waals surface area contributed by atoms with Crippen molar-refractivity contribution in [3.63, 3.8) is 0 Å². The van der Waals surface area contributed by atoms with Gasteiger partial charge in [0.15, 0.2) is 0 Å². The number of esters is 1. The fraction of sp³-hybridized carbons (Fsp3) is 0.933. The van der Waals surface area contributed by atoms with E-state index in [-0.39, 0.29) is 12.5 Å². The summed E-state index contributed by atoms with van der Waals surface area (Å²) in [6, 6.07) is 0. The number of alkyl halides is 2. The van der Waals surface area contributed by atoms with Crippen molar-refractivity contribution in [2.24, 2.45) is 5.92 Å². The van der Waals surface area contributed by atoms with Gasteiger partial charge in [-0.15, -0.1) is 0 Å². The molecule has 0 spiro atoms. The molecule has 0 unspecified atom stereocenters. The molecule has 0 aromatic heterocycles. The summed E-state index contributed by atoms with van der Waals surface area (Å²) in [5.74, 6) is -1.60. The Bertz CT molecular complexity index is 319. The van der Waals surface area contributed by atoms with E-state index < -0.39 is 23.3 Å². The zero-order valence-corrected chi connectivity index (χ0v) is 14.1. The molecule has 0 aromatic carbocycles. The summed E-state index contributed by atoms with van der Waals surface area (Å²) in [5.41, 5.74) is 0.